The Labute approximate surface area is 90.6 Å². The summed E-state index contributed by atoms with van der Waals surface area (Å²) in [6.07, 6.45) is 0.927. The largest absolute Gasteiger partial charge is 0.271 e. The Morgan fingerprint density at radius 3 is 2.47 bits per heavy atom. The first-order valence-electron chi connectivity index (χ1n) is 5.23. The lowest BCUT2D eigenvalue weighted by atomic mass is 9.78. The summed E-state index contributed by atoms with van der Waals surface area (Å²) in [5.74, 6) is 5.31. The van der Waals surface area contributed by atoms with Crippen LogP contribution in [0.3, 0.4) is 0 Å². The second-order valence-electron chi connectivity index (χ2n) is 4.46. The molecule has 0 spiro atoms. The van der Waals surface area contributed by atoms with Crippen LogP contribution in [0.15, 0.2) is 24.3 Å². The molecule has 0 fully saturated rings. The molecule has 0 bridgehead atoms. The van der Waals surface area contributed by atoms with Gasteiger partial charge in [0, 0.05) is 5.56 Å². The standard InChI is InChI=1S/C12H19FN2/c1-4-12(2,3)11(15-14)9-7-5-6-8-10(9)13/h5-8,11,15H,4,14H2,1-3H3. The summed E-state index contributed by atoms with van der Waals surface area (Å²) < 4.78 is 13.6. The molecule has 1 aromatic carbocycles. The first kappa shape index (κ1) is 12.1. The summed E-state index contributed by atoms with van der Waals surface area (Å²) in [5, 5.41) is 0. The maximum Gasteiger partial charge on any atom is 0.128 e. The third-order valence-corrected chi connectivity index (χ3v) is 3.08. The van der Waals surface area contributed by atoms with Crippen LogP contribution in [0.2, 0.25) is 0 Å². The molecule has 0 saturated heterocycles. The van der Waals surface area contributed by atoms with Gasteiger partial charge >= 0.3 is 0 Å². The molecule has 0 heterocycles. The molecule has 3 heteroatoms. The highest BCUT2D eigenvalue weighted by molar-refractivity contribution is 5.22. The number of halogens is 1. The van der Waals surface area contributed by atoms with Gasteiger partial charge in [0.15, 0.2) is 0 Å². The van der Waals surface area contributed by atoms with Crippen LogP contribution in [0.4, 0.5) is 4.39 Å². The highest BCUT2D eigenvalue weighted by Crippen LogP contribution is 2.36. The van der Waals surface area contributed by atoms with E-state index >= 15 is 0 Å². The Balaban J connectivity index is 3.08. The van der Waals surface area contributed by atoms with Crippen molar-refractivity contribution in [1.29, 1.82) is 0 Å². The van der Waals surface area contributed by atoms with Crippen LogP contribution in [0, 0.1) is 11.2 Å². The fourth-order valence-electron chi connectivity index (χ4n) is 1.65. The van der Waals surface area contributed by atoms with Crippen molar-refractivity contribution in [1.82, 2.24) is 5.43 Å². The molecule has 1 unspecified atom stereocenters. The number of hydrogen-bond acceptors (Lipinski definition) is 2. The maximum absolute atomic E-state index is 13.6. The Morgan fingerprint density at radius 2 is 2.00 bits per heavy atom. The normalized spacial score (nSPS) is 13.9. The summed E-state index contributed by atoms with van der Waals surface area (Å²) >= 11 is 0. The lowest BCUT2D eigenvalue weighted by Crippen LogP contribution is -2.38. The molecule has 0 aliphatic rings. The number of benzene rings is 1. The van der Waals surface area contributed by atoms with E-state index in [1.807, 2.05) is 6.07 Å². The molecule has 0 aromatic heterocycles. The predicted octanol–water partition coefficient (Wildman–Crippen LogP) is 2.77. The van der Waals surface area contributed by atoms with Gasteiger partial charge in [0.05, 0.1) is 6.04 Å². The van der Waals surface area contributed by atoms with Gasteiger partial charge in [-0.1, -0.05) is 39.0 Å². The van der Waals surface area contributed by atoms with Gasteiger partial charge in [0.25, 0.3) is 0 Å². The molecule has 3 N–H and O–H groups in total. The van der Waals surface area contributed by atoms with Crippen molar-refractivity contribution < 1.29 is 4.39 Å². The minimum absolute atomic E-state index is 0.0725. The SMILES string of the molecule is CCC(C)(C)C(NN)c1ccccc1F. The number of hydrogen-bond donors (Lipinski definition) is 2. The van der Waals surface area contributed by atoms with Crippen LogP contribution < -0.4 is 11.3 Å². The molecule has 1 atom stereocenters. The number of nitrogens with two attached hydrogens (primary N) is 1. The van der Waals surface area contributed by atoms with E-state index in [1.165, 1.54) is 6.07 Å². The van der Waals surface area contributed by atoms with E-state index in [-0.39, 0.29) is 17.3 Å². The highest BCUT2D eigenvalue weighted by Gasteiger charge is 2.29. The fourth-order valence-corrected chi connectivity index (χ4v) is 1.65. The van der Waals surface area contributed by atoms with Crippen molar-refractivity contribution >= 4 is 0 Å². The lowest BCUT2D eigenvalue weighted by molar-refractivity contribution is 0.231. The van der Waals surface area contributed by atoms with Gasteiger partial charge in [-0.3, -0.25) is 11.3 Å². The van der Waals surface area contributed by atoms with Gasteiger partial charge in [-0.05, 0) is 17.9 Å². The van der Waals surface area contributed by atoms with E-state index in [4.69, 9.17) is 5.84 Å². The van der Waals surface area contributed by atoms with E-state index in [2.05, 4.69) is 26.2 Å². The zero-order chi connectivity index (χ0) is 11.5. The third-order valence-electron chi connectivity index (χ3n) is 3.08. The summed E-state index contributed by atoms with van der Waals surface area (Å²) in [7, 11) is 0. The second kappa shape index (κ2) is 4.73. The van der Waals surface area contributed by atoms with Crippen LogP contribution in [-0.4, -0.2) is 0 Å². The molecule has 1 rings (SSSR count). The average Bonchev–Trinajstić information content (AvgIpc) is 2.21. The van der Waals surface area contributed by atoms with Gasteiger partial charge < -0.3 is 0 Å². The predicted molar refractivity (Wildman–Crippen MR) is 60.5 cm³/mol. The number of nitrogens with one attached hydrogen (secondary N) is 1. The quantitative estimate of drug-likeness (QED) is 0.592. The molecular formula is C12H19FN2. The van der Waals surface area contributed by atoms with Crippen molar-refractivity contribution in [3.63, 3.8) is 0 Å². The molecule has 0 saturated carbocycles. The first-order valence-corrected chi connectivity index (χ1v) is 5.23. The Kier molecular flexibility index (Phi) is 3.83. The van der Waals surface area contributed by atoms with Crippen LogP contribution >= 0.6 is 0 Å². The van der Waals surface area contributed by atoms with Gasteiger partial charge in [-0.15, -0.1) is 0 Å². The van der Waals surface area contributed by atoms with Crippen LogP contribution in [0.5, 0.6) is 0 Å². The summed E-state index contributed by atoms with van der Waals surface area (Å²) in [6, 6.07) is 6.59. The van der Waals surface area contributed by atoms with Crippen molar-refractivity contribution in [2.75, 3.05) is 0 Å². The zero-order valence-corrected chi connectivity index (χ0v) is 9.55. The average molecular weight is 210 g/mol. The minimum Gasteiger partial charge on any atom is -0.271 e. The molecule has 1 aromatic rings. The number of hydrazine groups is 1. The highest BCUT2D eigenvalue weighted by atomic mass is 19.1. The molecule has 0 amide bonds. The van der Waals surface area contributed by atoms with Gasteiger partial charge in [-0.2, -0.15) is 0 Å². The Morgan fingerprint density at radius 1 is 1.40 bits per heavy atom. The van der Waals surface area contributed by atoms with Gasteiger partial charge in [-0.25, -0.2) is 4.39 Å². The molecule has 0 aliphatic heterocycles. The molecule has 2 nitrogen and oxygen atoms in total. The van der Waals surface area contributed by atoms with Crippen LogP contribution in [0.25, 0.3) is 0 Å². The third kappa shape index (κ3) is 2.55. The monoisotopic (exact) mass is 210 g/mol. The van der Waals surface area contributed by atoms with Crippen molar-refractivity contribution in [3.05, 3.63) is 35.6 Å². The van der Waals surface area contributed by atoms with E-state index in [1.54, 1.807) is 12.1 Å². The van der Waals surface area contributed by atoms with Crippen LogP contribution in [0.1, 0.15) is 38.8 Å². The fraction of sp³-hybridized carbons (Fsp3) is 0.500. The first-order chi connectivity index (χ1) is 7.03. The summed E-state index contributed by atoms with van der Waals surface area (Å²) in [4.78, 5) is 0. The Hall–Kier alpha value is -0.930. The second-order valence-corrected chi connectivity index (χ2v) is 4.46. The van der Waals surface area contributed by atoms with Crippen molar-refractivity contribution in [3.8, 4) is 0 Å². The molecule has 15 heavy (non-hydrogen) atoms. The summed E-state index contributed by atoms with van der Waals surface area (Å²) in [6.45, 7) is 6.22. The van der Waals surface area contributed by atoms with Gasteiger partial charge in [0.1, 0.15) is 5.82 Å². The summed E-state index contributed by atoms with van der Waals surface area (Å²) in [5.41, 5.74) is 3.27. The van der Waals surface area contributed by atoms with E-state index in [0.717, 1.165) is 6.42 Å². The van der Waals surface area contributed by atoms with Gasteiger partial charge in [0.2, 0.25) is 0 Å². The Bertz CT molecular complexity index is 323. The lowest BCUT2D eigenvalue weighted by Gasteiger charge is -2.33. The molecular weight excluding hydrogens is 191 g/mol. The van der Waals surface area contributed by atoms with E-state index in [0.29, 0.717) is 5.56 Å². The molecule has 0 radical (unpaired) electrons. The van der Waals surface area contributed by atoms with Crippen LogP contribution in [-0.2, 0) is 0 Å². The van der Waals surface area contributed by atoms with E-state index < -0.39 is 0 Å². The molecule has 84 valence electrons. The maximum atomic E-state index is 13.6. The van der Waals surface area contributed by atoms with Crippen molar-refractivity contribution in [2.45, 2.75) is 33.2 Å². The number of rotatable bonds is 4. The van der Waals surface area contributed by atoms with E-state index in [9.17, 15) is 4.39 Å². The molecule has 0 aliphatic carbocycles. The zero-order valence-electron chi connectivity index (χ0n) is 9.55. The topological polar surface area (TPSA) is 38.0 Å². The smallest absolute Gasteiger partial charge is 0.128 e. The minimum atomic E-state index is -0.207. The van der Waals surface area contributed by atoms with Crippen molar-refractivity contribution in [2.24, 2.45) is 11.3 Å².